The Hall–Kier alpha value is -1.95. The minimum Gasteiger partial charge on any atom is -0.463 e. The lowest BCUT2D eigenvalue weighted by atomic mass is 9.98. The lowest BCUT2D eigenvalue weighted by Gasteiger charge is -2.40. The predicted octanol–water partition coefficient (Wildman–Crippen LogP) is -0.204. The molecule has 0 aromatic rings. The third kappa shape index (κ3) is 4.81. The molecule has 2 heterocycles. The average molecular weight is 377 g/mol. The van der Waals surface area contributed by atoms with Crippen molar-refractivity contribution in [1.82, 2.24) is 0 Å². The summed E-state index contributed by atoms with van der Waals surface area (Å²) in [4.78, 5) is 34.0. The van der Waals surface area contributed by atoms with Crippen LogP contribution in [0.4, 0.5) is 4.79 Å². The molecule has 0 spiro atoms. The topological polar surface area (TPSA) is 142 Å². The molecule has 11 nitrogen and oxygen atoms in total. The number of fused-ring (bicyclic) bond motifs is 1. The van der Waals surface area contributed by atoms with E-state index in [0.29, 0.717) is 0 Å². The fourth-order valence-electron chi connectivity index (χ4n) is 2.85. The van der Waals surface area contributed by atoms with E-state index in [0.717, 1.165) is 0 Å². The van der Waals surface area contributed by atoms with E-state index in [1.165, 1.54) is 20.8 Å². The summed E-state index contributed by atoms with van der Waals surface area (Å²) in [6.45, 7) is 5.66. The third-order valence-corrected chi connectivity index (χ3v) is 3.68. The number of hydrogen-bond acceptors (Lipinski definition) is 10. The van der Waals surface area contributed by atoms with Gasteiger partial charge in [-0.2, -0.15) is 0 Å². The van der Waals surface area contributed by atoms with Crippen LogP contribution in [0.2, 0.25) is 0 Å². The van der Waals surface area contributed by atoms with Gasteiger partial charge in [0.2, 0.25) is 0 Å². The molecule has 6 atom stereocenters. The van der Waals surface area contributed by atoms with Crippen molar-refractivity contribution in [3.05, 3.63) is 0 Å². The summed E-state index contributed by atoms with van der Waals surface area (Å²) < 4.78 is 37.7. The zero-order chi connectivity index (χ0) is 19.5. The Morgan fingerprint density at radius 1 is 1.08 bits per heavy atom. The molecular formula is C15H23NO10. The van der Waals surface area contributed by atoms with Crippen LogP contribution >= 0.6 is 0 Å². The number of rotatable bonds is 6. The molecule has 2 aliphatic rings. The zero-order valence-electron chi connectivity index (χ0n) is 15.0. The van der Waals surface area contributed by atoms with Gasteiger partial charge in [0, 0.05) is 27.4 Å². The van der Waals surface area contributed by atoms with E-state index >= 15 is 0 Å². The van der Waals surface area contributed by atoms with E-state index in [-0.39, 0.29) is 13.2 Å². The van der Waals surface area contributed by atoms with Crippen LogP contribution in [-0.4, -0.2) is 67.9 Å². The summed E-state index contributed by atoms with van der Waals surface area (Å²) >= 11 is 0. The summed E-state index contributed by atoms with van der Waals surface area (Å²) in [6.07, 6.45) is -6.36. The number of esters is 2. The fourth-order valence-corrected chi connectivity index (χ4v) is 2.85. The first kappa shape index (κ1) is 20.4. The second-order valence-electron chi connectivity index (χ2n) is 5.82. The van der Waals surface area contributed by atoms with Gasteiger partial charge in [-0.05, 0) is 6.92 Å². The highest BCUT2D eigenvalue weighted by Gasteiger charge is 2.59. The highest BCUT2D eigenvalue weighted by atomic mass is 16.9. The minimum atomic E-state index is -1.46. The first-order valence-corrected chi connectivity index (χ1v) is 8.07. The van der Waals surface area contributed by atoms with Gasteiger partial charge in [-0.1, -0.05) is 0 Å². The number of hydrogen-bond donors (Lipinski definition) is 1. The molecule has 11 heteroatoms. The molecule has 2 aliphatic heterocycles. The van der Waals surface area contributed by atoms with Crippen LogP contribution in [0.25, 0.3) is 0 Å². The summed E-state index contributed by atoms with van der Waals surface area (Å²) in [6, 6.07) is 0. The molecule has 2 saturated heterocycles. The predicted molar refractivity (Wildman–Crippen MR) is 81.3 cm³/mol. The van der Waals surface area contributed by atoms with Gasteiger partial charge in [-0.15, -0.1) is 0 Å². The molecule has 0 aliphatic carbocycles. The van der Waals surface area contributed by atoms with Gasteiger partial charge in [-0.25, -0.2) is 4.79 Å². The Balaban J connectivity index is 2.29. The van der Waals surface area contributed by atoms with Crippen molar-refractivity contribution in [2.75, 3.05) is 13.2 Å². The lowest BCUT2D eigenvalue weighted by molar-refractivity contribution is -0.342. The van der Waals surface area contributed by atoms with Crippen molar-refractivity contribution in [2.45, 2.75) is 64.4 Å². The summed E-state index contributed by atoms with van der Waals surface area (Å²) in [5, 5.41) is 0. The highest BCUT2D eigenvalue weighted by molar-refractivity contribution is 5.67. The molecule has 0 radical (unpaired) electrons. The molecule has 2 N–H and O–H groups in total. The Kier molecular flexibility index (Phi) is 6.39. The Morgan fingerprint density at radius 3 is 2.31 bits per heavy atom. The third-order valence-electron chi connectivity index (χ3n) is 3.68. The van der Waals surface area contributed by atoms with Crippen molar-refractivity contribution in [3.8, 4) is 0 Å². The standard InChI is InChI=1S/C15H23NO10/c1-5-21-15(4)25-12-11(24-14(16)19)10(22-8(3)18)9(6-20-7(2)17)23-13(12)26-15/h9-13H,5-6H2,1-4H3,(H2,16,19)/t9-,10+,11+,12+,13+,15+/m0/s1. The van der Waals surface area contributed by atoms with Crippen molar-refractivity contribution >= 4 is 18.0 Å². The quantitative estimate of drug-likeness (QED) is 0.488. The maximum atomic E-state index is 11.5. The van der Waals surface area contributed by atoms with Gasteiger partial charge in [0.25, 0.3) is 5.97 Å². The fraction of sp³-hybridized carbons (Fsp3) is 0.800. The summed E-state index contributed by atoms with van der Waals surface area (Å²) in [5.41, 5.74) is 5.14. The summed E-state index contributed by atoms with van der Waals surface area (Å²) in [5.74, 6) is -2.68. The second-order valence-corrected chi connectivity index (χ2v) is 5.82. The van der Waals surface area contributed by atoms with Gasteiger partial charge in [0.1, 0.15) is 12.7 Å². The lowest BCUT2D eigenvalue weighted by Crippen LogP contribution is -2.60. The molecular weight excluding hydrogens is 354 g/mol. The molecule has 0 aromatic carbocycles. The van der Waals surface area contributed by atoms with E-state index in [1.807, 2.05) is 0 Å². The molecule has 1 amide bonds. The number of carbonyl (C=O) groups excluding carboxylic acids is 3. The van der Waals surface area contributed by atoms with Crippen LogP contribution in [0.15, 0.2) is 0 Å². The SMILES string of the molecule is CCO[C@@]1(C)O[C@H]2O[C@@H](COC(C)=O)[C@@H](OC(C)=O)[C@@H](OC(N)=O)[C@H]2O1. The van der Waals surface area contributed by atoms with Crippen LogP contribution in [0, 0.1) is 0 Å². The number of ether oxygens (including phenoxy) is 7. The normalized spacial score (nSPS) is 36.1. The highest BCUT2D eigenvalue weighted by Crippen LogP contribution is 2.39. The van der Waals surface area contributed by atoms with Crippen LogP contribution in [0.3, 0.4) is 0 Å². The van der Waals surface area contributed by atoms with E-state index in [9.17, 15) is 14.4 Å². The van der Waals surface area contributed by atoms with Crippen molar-refractivity contribution < 1.29 is 47.5 Å². The van der Waals surface area contributed by atoms with E-state index in [2.05, 4.69) is 0 Å². The summed E-state index contributed by atoms with van der Waals surface area (Å²) in [7, 11) is 0. The molecule has 0 unspecified atom stereocenters. The molecule has 2 fully saturated rings. The van der Waals surface area contributed by atoms with Crippen LogP contribution < -0.4 is 5.73 Å². The monoisotopic (exact) mass is 377 g/mol. The van der Waals surface area contributed by atoms with Gasteiger partial charge in [0.05, 0.1) is 0 Å². The van der Waals surface area contributed by atoms with E-state index < -0.39 is 54.7 Å². The average Bonchev–Trinajstić information content (AvgIpc) is 2.83. The van der Waals surface area contributed by atoms with Gasteiger partial charge in [-0.3, -0.25) is 14.3 Å². The maximum absolute atomic E-state index is 11.5. The Morgan fingerprint density at radius 2 is 1.77 bits per heavy atom. The Bertz CT molecular complexity index is 555. The van der Waals surface area contributed by atoms with Crippen molar-refractivity contribution in [1.29, 1.82) is 0 Å². The smallest absolute Gasteiger partial charge is 0.405 e. The molecule has 26 heavy (non-hydrogen) atoms. The minimum absolute atomic E-state index is 0.260. The van der Waals surface area contributed by atoms with Gasteiger partial charge in [0.15, 0.2) is 24.6 Å². The number of carbonyl (C=O) groups is 3. The van der Waals surface area contributed by atoms with E-state index in [1.54, 1.807) is 6.92 Å². The van der Waals surface area contributed by atoms with Gasteiger partial charge < -0.3 is 34.2 Å². The molecule has 0 saturated carbocycles. The van der Waals surface area contributed by atoms with Crippen LogP contribution in [0.1, 0.15) is 27.7 Å². The molecule has 0 bridgehead atoms. The first-order chi connectivity index (χ1) is 12.1. The van der Waals surface area contributed by atoms with Crippen molar-refractivity contribution in [3.63, 3.8) is 0 Å². The first-order valence-electron chi connectivity index (χ1n) is 8.07. The Labute approximate surface area is 149 Å². The largest absolute Gasteiger partial charge is 0.463 e. The number of primary amides is 1. The van der Waals surface area contributed by atoms with Crippen molar-refractivity contribution in [2.24, 2.45) is 5.73 Å². The van der Waals surface area contributed by atoms with Crippen LogP contribution in [0.5, 0.6) is 0 Å². The van der Waals surface area contributed by atoms with Crippen LogP contribution in [-0.2, 0) is 42.7 Å². The van der Waals surface area contributed by atoms with E-state index in [4.69, 9.17) is 38.9 Å². The molecule has 148 valence electrons. The second kappa shape index (κ2) is 8.16. The molecule has 0 aromatic heterocycles. The molecule has 2 rings (SSSR count). The zero-order valence-corrected chi connectivity index (χ0v) is 15.0. The maximum Gasteiger partial charge on any atom is 0.405 e. The number of nitrogens with two attached hydrogens (primary N) is 1. The number of amides is 1. The van der Waals surface area contributed by atoms with Gasteiger partial charge >= 0.3 is 18.0 Å².